The summed E-state index contributed by atoms with van der Waals surface area (Å²) in [6.07, 6.45) is -0.397. The molecular weight excluding hydrogens is 414 g/mol. The van der Waals surface area contributed by atoms with Crippen molar-refractivity contribution in [3.05, 3.63) is 58.6 Å². The van der Waals surface area contributed by atoms with Gasteiger partial charge in [0.05, 0.1) is 22.8 Å². The smallest absolute Gasteiger partial charge is 0.409 e. The third-order valence-electron chi connectivity index (χ3n) is 5.20. The standard InChI is InChI=1S/C21H27N7O4/c1-2-26(11-12-32-21(29)27-13-19(22)20(23)14-27)17-7-3-15(4-8-17)24-25-16-5-9-18(10-6-16)28(30)31/h3-10,19-20H,2,11-14,22-23H2,1H3. The third kappa shape index (κ3) is 5.99. The number of non-ortho nitro benzene ring substituents is 1. The number of likely N-dealkylation sites (tertiary alicyclic amines) is 1. The summed E-state index contributed by atoms with van der Waals surface area (Å²) in [5.74, 6) is 0. The lowest BCUT2D eigenvalue weighted by molar-refractivity contribution is -0.384. The summed E-state index contributed by atoms with van der Waals surface area (Å²) >= 11 is 0. The third-order valence-corrected chi connectivity index (χ3v) is 5.20. The molecular formula is C21H27N7O4. The summed E-state index contributed by atoms with van der Waals surface area (Å²) in [5, 5.41) is 19.0. The lowest BCUT2D eigenvalue weighted by atomic mass is 10.2. The zero-order valence-corrected chi connectivity index (χ0v) is 17.8. The van der Waals surface area contributed by atoms with Crippen LogP contribution in [0.2, 0.25) is 0 Å². The van der Waals surface area contributed by atoms with Crippen LogP contribution in [0.15, 0.2) is 58.8 Å². The van der Waals surface area contributed by atoms with Gasteiger partial charge in [0.1, 0.15) is 6.61 Å². The second-order valence-corrected chi connectivity index (χ2v) is 7.42. The van der Waals surface area contributed by atoms with E-state index in [9.17, 15) is 14.9 Å². The molecule has 1 aliphatic rings. The van der Waals surface area contributed by atoms with Crippen LogP contribution >= 0.6 is 0 Å². The lowest BCUT2D eigenvalue weighted by Gasteiger charge is -2.24. The molecule has 2 unspecified atom stereocenters. The number of carbonyl (C=O) groups is 1. The molecule has 0 saturated carbocycles. The molecule has 1 aliphatic heterocycles. The molecule has 0 radical (unpaired) electrons. The highest BCUT2D eigenvalue weighted by atomic mass is 16.6. The minimum Gasteiger partial charge on any atom is -0.448 e. The Morgan fingerprint density at radius 1 is 1.09 bits per heavy atom. The number of azo groups is 1. The minimum absolute atomic E-state index is 0.00576. The molecule has 3 rings (SSSR count). The van der Waals surface area contributed by atoms with Crippen LogP contribution in [-0.4, -0.2) is 60.8 Å². The first-order chi connectivity index (χ1) is 15.4. The number of nitro benzene ring substituents is 1. The van der Waals surface area contributed by atoms with Gasteiger partial charge < -0.3 is 26.0 Å². The van der Waals surface area contributed by atoms with Gasteiger partial charge in [-0.05, 0) is 43.3 Å². The van der Waals surface area contributed by atoms with Gasteiger partial charge in [0.15, 0.2) is 0 Å². The van der Waals surface area contributed by atoms with E-state index in [1.807, 2.05) is 31.2 Å². The minimum atomic E-state index is -0.461. The van der Waals surface area contributed by atoms with Crippen LogP contribution in [0.1, 0.15) is 6.92 Å². The Labute approximate surface area is 185 Å². The fourth-order valence-electron chi connectivity index (χ4n) is 3.29. The molecule has 170 valence electrons. The Hall–Kier alpha value is -3.57. The van der Waals surface area contributed by atoms with Crippen LogP contribution in [0.3, 0.4) is 0 Å². The summed E-state index contributed by atoms with van der Waals surface area (Å²) in [6.45, 7) is 4.36. The van der Waals surface area contributed by atoms with Crippen molar-refractivity contribution in [1.29, 1.82) is 0 Å². The molecule has 11 nitrogen and oxygen atoms in total. The summed E-state index contributed by atoms with van der Waals surface area (Å²) in [6, 6.07) is 12.9. The number of likely N-dealkylation sites (N-methyl/N-ethyl adjacent to an activating group) is 1. The largest absolute Gasteiger partial charge is 0.448 e. The molecule has 2 atom stereocenters. The number of hydrogen-bond donors (Lipinski definition) is 2. The molecule has 1 heterocycles. The van der Waals surface area contributed by atoms with E-state index in [0.717, 1.165) is 12.2 Å². The van der Waals surface area contributed by atoms with Gasteiger partial charge >= 0.3 is 6.09 Å². The van der Waals surface area contributed by atoms with E-state index in [4.69, 9.17) is 16.2 Å². The molecule has 1 saturated heterocycles. The molecule has 32 heavy (non-hydrogen) atoms. The average molecular weight is 441 g/mol. The van der Waals surface area contributed by atoms with Crippen molar-refractivity contribution in [2.45, 2.75) is 19.0 Å². The van der Waals surface area contributed by atoms with E-state index in [2.05, 4.69) is 15.1 Å². The molecule has 2 aromatic carbocycles. The number of carbonyl (C=O) groups excluding carboxylic acids is 1. The van der Waals surface area contributed by atoms with Crippen LogP contribution < -0.4 is 16.4 Å². The van der Waals surface area contributed by atoms with Crippen LogP contribution in [0.4, 0.5) is 27.5 Å². The molecule has 1 fully saturated rings. The maximum absolute atomic E-state index is 12.1. The van der Waals surface area contributed by atoms with E-state index >= 15 is 0 Å². The summed E-state index contributed by atoms with van der Waals surface area (Å²) in [7, 11) is 0. The second kappa shape index (κ2) is 10.6. The number of nitrogens with zero attached hydrogens (tertiary/aromatic N) is 5. The zero-order valence-electron chi connectivity index (χ0n) is 17.8. The second-order valence-electron chi connectivity index (χ2n) is 7.42. The van der Waals surface area contributed by atoms with Crippen molar-refractivity contribution in [1.82, 2.24) is 4.90 Å². The predicted octanol–water partition coefficient (Wildman–Crippen LogP) is 2.94. The first-order valence-corrected chi connectivity index (χ1v) is 10.3. The van der Waals surface area contributed by atoms with Crippen molar-refractivity contribution >= 4 is 28.8 Å². The van der Waals surface area contributed by atoms with Gasteiger partial charge in [-0.2, -0.15) is 10.2 Å². The molecule has 1 amide bonds. The molecule has 0 spiro atoms. The van der Waals surface area contributed by atoms with Gasteiger partial charge in [0.25, 0.3) is 5.69 Å². The van der Waals surface area contributed by atoms with Crippen molar-refractivity contribution < 1.29 is 14.5 Å². The van der Waals surface area contributed by atoms with Gasteiger partial charge in [-0.1, -0.05) is 0 Å². The van der Waals surface area contributed by atoms with E-state index < -0.39 is 11.0 Å². The number of nitro groups is 1. The maximum Gasteiger partial charge on any atom is 0.409 e. The molecule has 0 aliphatic carbocycles. The van der Waals surface area contributed by atoms with Crippen LogP contribution in [0.25, 0.3) is 0 Å². The Balaban J connectivity index is 1.51. The zero-order chi connectivity index (χ0) is 23.1. The summed E-state index contributed by atoms with van der Waals surface area (Å²) < 4.78 is 5.37. The number of rotatable bonds is 8. The number of benzene rings is 2. The highest BCUT2D eigenvalue weighted by molar-refractivity contribution is 5.68. The summed E-state index contributed by atoms with van der Waals surface area (Å²) in [5.41, 5.74) is 13.8. The topological polar surface area (TPSA) is 153 Å². The Morgan fingerprint density at radius 2 is 1.62 bits per heavy atom. The van der Waals surface area contributed by atoms with Gasteiger partial charge in [0, 0.05) is 49.5 Å². The van der Waals surface area contributed by atoms with E-state index in [1.54, 1.807) is 12.1 Å². The van der Waals surface area contributed by atoms with E-state index in [-0.39, 0.29) is 24.4 Å². The van der Waals surface area contributed by atoms with Crippen molar-refractivity contribution in [3.8, 4) is 0 Å². The monoisotopic (exact) mass is 441 g/mol. The maximum atomic E-state index is 12.1. The fraction of sp³-hybridized carbons (Fsp3) is 0.381. The molecule has 0 bridgehead atoms. The van der Waals surface area contributed by atoms with Crippen molar-refractivity contribution in [3.63, 3.8) is 0 Å². The normalized spacial score (nSPS) is 18.2. The molecule has 2 aromatic rings. The fourth-order valence-corrected chi connectivity index (χ4v) is 3.29. The van der Waals surface area contributed by atoms with Gasteiger partial charge in [-0.15, -0.1) is 0 Å². The van der Waals surface area contributed by atoms with Crippen LogP contribution in [0.5, 0.6) is 0 Å². The molecule has 0 aromatic heterocycles. The average Bonchev–Trinajstić information content (AvgIpc) is 3.14. The number of ether oxygens (including phenoxy) is 1. The Bertz CT molecular complexity index is 940. The quantitative estimate of drug-likeness (QED) is 0.363. The SMILES string of the molecule is CCN(CCOC(=O)N1CC(N)C(N)C1)c1ccc(N=Nc2ccc([N+](=O)[O-])cc2)cc1. The number of nitrogens with two attached hydrogens (primary N) is 2. The lowest BCUT2D eigenvalue weighted by Crippen LogP contribution is -2.39. The van der Waals surface area contributed by atoms with Crippen molar-refractivity contribution in [2.75, 3.05) is 37.7 Å². The predicted molar refractivity (Wildman–Crippen MR) is 120 cm³/mol. The van der Waals surface area contributed by atoms with Crippen LogP contribution in [0, 0.1) is 10.1 Å². The number of anilines is 1. The molecule has 4 N–H and O–H groups in total. The highest BCUT2D eigenvalue weighted by Crippen LogP contribution is 2.23. The Morgan fingerprint density at radius 3 is 2.12 bits per heavy atom. The van der Waals surface area contributed by atoms with E-state index in [0.29, 0.717) is 31.0 Å². The molecule has 11 heteroatoms. The summed E-state index contributed by atoms with van der Waals surface area (Å²) in [4.78, 5) is 26.0. The van der Waals surface area contributed by atoms with Gasteiger partial charge in [-0.3, -0.25) is 10.1 Å². The first-order valence-electron chi connectivity index (χ1n) is 10.3. The van der Waals surface area contributed by atoms with Gasteiger partial charge in [-0.25, -0.2) is 4.79 Å². The van der Waals surface area contributed by atoms with Crippen molar-refractivity contribution in [2.24, 2.45) is 21.7 Å². The number of amides is 1. The Kier molecular flexibility index (Phi) is 7.68. The van der Waals surface area contributed by atoms with Crippen LogP contribution in [-0.2, 0) is 4.74 Å². The van der Waals surface area contributed by atoms with E-state index in [1.165, 1.54) is 17.0 Å². The highest BCUT2D eigenvalue weighted by Gasteiger charge is 2.31. The van der Waals surface area contributed by atoms with Gasteiger partial charge in [0.2, 0.25) is 0 Å². The number of hydrogen-bond acceptors (Lipinski definition) is 9. The first kappa shape index (κ1) is 23.1.